The summed E-state index contributed by atoms with van der Waals surface area (Å²) < 4.78 is 40.7. The van der Waals surface area contributed by atoms with E-state index in [1.165, 1.54) is 12.1 Å². The van der Waals surface area contributed by atoms with Crippen molar-refractivity contribution in [3.05, 3.63) is 129 Å². The Labute approximate surface area is 191 Å². The van der Waals surface area contributed by atoms with Gasteiger partial charge in [-0.3, -0.25) is 4.79 Å². The topological polar surface area (TPSA) is 17.1 Å². The third kappa shape index (κ3) is 3.03. The van der Waals surface area contributed by atoms with Crippen LogP contribution in [-0.4, -0.2) is 12.0 Å². The van der Waals surface area contributed by atoms with Crippen LogP contribution in [0.3, 0.4) is 0 Å². The fourth-order valence-electron chi connectivity index (χ4n) is 4.77. The Bertz CT molecular complexity index is 1290. The number of hydrogen-bond donors (Lipinski definition) is 0. The van der Waals surface area contributed by atoms with Crippen LogP contribution in [0.15, 0.2) is 102 Å². The van der Waals surface area contributed by atoms with Gasteiger partial charge in [-0.05, 0) is 51.6 Å². The summed E-state index contributed by atoms with van der Waals surface area (Å²) in [6, 6.07) is 29.6. The summed E-state index contributed by atoms with van der Waals surface area (Å²) in [5.74, 6) is -1.84. The van der Waals surface area contributed by atoms with Crippen molar-refractivity contribution >= 4 is 21.7 Å². The lowest BCUT2D eigenvalue weighted by Gasteiger charge is -2.34. The van der Waals surface area contributed by atoms with E-state index >= 15 is 0 Å². The van der Waals surface area contributed by atoms with Gasteiger partial charge in [0.25, 0.3) is 5.78 Å². The molecule has 0 spiro atoms. The zero-order chi connectivity index (χ0) is 22.5. The average Bonchev–Trinajstić information content (AvgIpc) is 3.08. The predicted molar refractivity (Wildman–Crippen MR) is 122 cm³/mol. The number of ketones is 1. The summed E-state index contributed by atoms with van der Waals surface area (Å²) in [4.78, 5) is 12.1. The van der Waals surface area contributed by atoms with Gasteiger partial charge in [0, 0.05) is 10.0 Å². The van der Waals surface area contributed by atoms with E-state index in [2.05, 4.69) is 15.9 Å². The highest BCUT2D eigenvalue weighted by Crippen LogP contribution is 2.56. The van der Waals surface area contributed by atoms with Crippen LogP contribution >= 0.6 is 15.9 Å². The van der Waals surface area contributed by atoms with Crippen LogP contribution in [-0.2, 0) is 5.41 Å². The maximum absolute atomic E-state index is 13.3. The van der Waals surface area contributed by atoms with Crippen LogP contribution in [0.25, 0.3) is 11.1 Å². The number of alkyl halides is 3. The number of benzene rings is 4. The molecule has 0 aromatic heterocycles. The van der Waals surface area contributed by atoms with Crippen molar-refractivity contribution in [2.24, 2.45) is 0 Å². The summed E-state index contributed by atoms with van der Waals surface area (Å²) in [7, 11) is 0. The number of rotatable bonds is 3. The summed E-state index contributed by atoms with van der Waals surface area (Å²) in [5, 5.41) is 0. The molecule has 32 heavy (non-hydrogen) atoms. The zero-order valence-corrected chi connectivity index (χ0v) is 18.2. The fraction of sp³-hybridized carbons (Fsp3) is 0.0741. The van der Waals surface area contributed by atoms with Crippen molar-refractivity contribution in [3.63, 3.8) is 0 Å². The standard InChI is InChI=1S/C27H16BrF3O/c28-20-12-14-22-21-13-11-17(25(32)27(29,30)31)15-23(21)26(24(22)16-20,18-7-3-1-4-8-18)19-9-5-2-6-10-19/h1-16H. The Hall–Kier alpha value is -3.18. The van der Waals surface area contributed by atoms with E-state index in [4.69, 9.17) is 0 Å². The van der Waals surface area contributed by atoms with Gasteiger partial charge in [0.2, 0.25) is 0 Å². The average molecular weight is 493 g/mol. The molecule has 1 aliphatic rings. The third-order valence-electron chi connectivity index (χ3n) is 6.03. The van der Waals surface area contributed by atoms with Crippen molar-refractivity contribution in [1.29, 1.82) is 0 Å². The van der Waals surface area contributed by atoms with Crippen molar-refractivity contribution in [3.8, 4) is 11.1 Å². The summed E-state index contributed by atoms with van der Waals surface area (Å²) in [5.41, 5.74) is 3.98. The lowest BCUT2D eigenvalue weighted by atomic mass is 9.67. The van der Waals surface area contributed by atoms with Gasteiger partial charge in [-0.2, -0.15) is 13.2 Å². The molecule has 0 saturated carbocycles. The molecule has 0 N–H and O–H groups in total. The largest absolute Gasteiger partial charge is 0.454 e. The first-order valence-corrected chi connectivity index (χ1v) is 10.8. The molecular weight excluding hydrogens is 477 g/mol. The van der Waals surface area contributed by atoms with Crippen LogP contribution in [0.2, 0.25) is 0 Å². The molecule has 0 unspecified atom stereocenters. The summed E-state index contributed by atoms with van der Waals surface area (Å²) >= 11 is 3.57. The summed E-state index contributed by atoms with van der Waals surface area (Å²) in [6.07, 6.45) is -4.94. The van der Waals surface area contributed by atoms with E-state index in [1.54, 1.807) is 6.07 Å². The molecular formula is C27H16BrF3O. The molecule has 0 fully saturated rings. The second-order valence-electron chi connectivity index (χ2n) is 7.76. The van der Waals surface area contributed by atoms with Gasteiger partial charge in [0.15, 0.2) is 0 Å². The van der Waals surface area contributed by atoms with Crippen LogP contribution in [0.1, 0.15) is 32.6 Å². The van der Waals surface area contributed by atoms with Crippen molar-refractivity contribution in [1.82, 2.24) is 0 Å². The molecule has 5 heteroatoms. The number of halogens is 4. The maximum atomic E-state index is 13.3. The molecule has 5 rings (SSSR count). The quantitative estimate of drug-likeness (QED) is 0.237. The normalized spacial score (nSPS) is 14.0. The molecule has 0 atom stereocenters. The van der Waals surface area contributed by atoms with E-state index in [9.17, 15) is 18.0 Å². The lowest BCUT2D eigenvalue weighted by molar-refractivity contribution is -0.0885. The van der Waals surface area contributed by atoms with Gasteiger partial charge in [0.1, 0.15) is 0 Å². The molecule has 0 aliphatic heterocycles. The number of Topliss-reactive ketones (excluding diaryl/α,β-unsaturated/α-hetero) is 1. The molecule has 0 saturated heterocycles. The van der Waals surface area contributed by atoms with Gasteiger partial charge in [-0.15, -0.1) is 0 Å². The first kappa shape index (κ1) is 20.7. The molecule has 0 heterocycles. The van der Waals surface area contributed by atoms with E-state index in [1.807, 2.05) is 78.9 Å². The van der Waals surface area contributed by atoms with Gasteiger partial charge in [-0.25, -0.2) is 0 Å². The molecule has 1 aliphatic carbocycles. The van der Waals surface area contributed by atoms with E-state index < -0.39 is 17.4 Å². The van der Waals surface area contributed by atoms with E-state index in [0.717, 1.165) is 32.3 Å². The molecule has 0 amide bonds. The van der Waals surface area contributed by atoms with Crippen LogP contribution in [0.4, 0.5) is 13.2 Å². The molecule has 4 aromatic rings. The smallest absolute Gasteiger partial charge is 0.284 e. The molecule has 0 radical (unpaired) electrons. The second kappa shape index (κ2) is 7.45. The Morgan fingerprint density at radius 3 is 1.72 bits per heavy atom. The highest BCUT2D eigenvalue weighted by Gasteiger charge is 2.47. The highest BCUT2D eigenvalue weighted by atomic mass is 79.9. The minimum Gasteiger partial charge on any atom is -0.284 e. The Morgan fingerprint density at radius 2 is 1.19 bits per heavy atom. The van der Waals surface area contributed by atoms with E-state index in [0.29, 0.717) is 5.56 Å². The Balaban J connectivity index is 1.92. The SMILES string of the molecule is O=C(c1ccc2c(c1)C(c1ccccc1)(c1ccccc1)c1cc(Br)ccc1-2)C(F)(F)F. The highest BCUT2D eigenvalue weighted by molar-refractivity contribution is 9.10. The van der Waals surface area contributed by atoms with Crippen molar-refractivity contribution in [2.75, 3.05) is 0 Å². The van der Waals surface area contributed by atoms with Crippen LogP contribution in [0.5, 0.6) is 0 Å². The minimum atomic E-state index is -4.94. The molecule has 0 bridgehead atoms. The molecule has 1 nitrogen and oxygen atoms in total. The van der Waals surface area contributed by atoms with Crippen LogP contribution < -0.4 is 0 Å². The third-order valence-corrected chi connectivity index (χ3v) is 6.53. The first-order valence-electron chi connectivity index (χ1n) is 10.0. The Morgan fingerprint density at radius 1 is 0.688 bits per heavy atom. The number of carbonyl (C=O) groups excluding carboxylic acids is 1. The Kier molecular flexibility index (Phi) is 4.82. The lowest BCUT2D eigenvalue weighted by Crippen LogP contribution is -2.29. The van der Waals surface area contributed by atoms with Crippen molar-refractivity contribution in [2.45, 2.75) is 11.6 Å². The van der Waals surface area contributed by atoms with Gasteiger partial charge in [0.05, 0.1) is 5.41 Å². The zero-order valence-electron chi connectivity index (χ0n) is 16.7. The fourth-order valence-corrected chi connectivity index (χ4v) is 5.13. The van der Waals surface area contributed by atoms with Gasteiger partial charge < -0.3 is 0 Å². The predicted octanol–water partition coefficient (Wildman–Crippen LogP) is 7.56. The maximum Gasteiger partial charge on any atom is 0.454 e. The monoisotopic (exact) mass is 492 g/mol. The number of fused-ring (bicyclic) bond motifs is 3. The number of hydrogen-bond acceptors (Lipinski definition) is 1. The number of carbonyl (C=O) groups is 1. The van der Waals surface area contributed by atoms with E-state index in [-0.39, 0.29) is 5.56 Å². The minimum absolute atomic E-state index is 0.362. The first-order chi connectivity index (χ1) is 15.3. The van der Waals surface area contributed by atoms with Crippen molar-refractivity contribution < 1.29 is 18.0 Å². The van der Waals surface area contributed by atoms with Gasteiger partial charge in [-0.1, -0.05) is 94.8 Å². The second-order valence-corrected chi connectivity index (χ2v) is 8.67. The summed E-state index contributed by atoms with van der Waals surface area (Å²) in [6.45, 7) is 0. The molecule has 158 valence electrons. The van der Waals surface area contributed by atoms with Gasteiger partial charge >= 0.3 is 6.18 Å². The molecule has 4 aromatic carbocycles. The van der Waals surface area contributed by atoms with Crippen LogP contribution in [0, 0.1) is 0 Å².